The highest BCUT2D eigenvalue weighted by molar-refractivity contribution is 5.93. The van der Waals surface area contributed by atoms with Gasteiger partial charge in [0, 0.05) is 24.0 Å². The van der Waals surface area contributed by atoms with Crippen molar-refractivity contribution in [2.24, 2.45) is 0 Å². The van der Waals surface area contributed by atoms with Gasteiger partial charge in [-0.25, -0.2) is 23.7 Å². The molecule has 3 heterocycles. The number of alkyl halides is 2. The van der Waals surface area contributed by atoms with Crippen LogP contribution in [0.3, 0.4) is 0 Å². The third-order valence-electron chi connectivity index (χ3n) is 5.34. The van der Waals surface area contributed by atoms with E-state index >= 15 is 0 Å². The fraction of sp³-hybridized carbons (Fsp3) is 0.364. The third-order valence-corrected chi connectivity index (χ3v) is 5.34. The fourth-order valence-electron chi connectivity index (χ4n) is 3.53. The molecule has 0 fully saturated rings. The van der Waals surface area contributed by atoms with Gasteiger partial charge in [-0.3, -0.25) is 9.20 Å². The van der Waals surface area contributed by atoms with Crippen LogP contribution in [0.15, 0.2) is 36.8 Å². The van der Waals surface area contributed by atoms with Gasteiger partial charge in [-0.15, -0.1) is 0 Å². The van der Waals surface area contributed by atoms with Crippen molar-refractivity contribution >= 4 is 23.1 Å². The van der Waals surface area contributed by atoms with Gasteiger partial charge in [0.2, 0.25) is 5.95 Å². The number of carbonyl (C=O) groups is 1. The zero-order chi connectivity index (χ0) is 22.0. The number of allylic oxidation sites excluding steroid dienone is 1. The zero-order valence-electron chi connectivity index (χ0n) is 17.4. The van der Waals surface area contributed by atoms with Crippen molar-refractivity contribution in [3.8, 4) is 0 Å². The third kappa shape index (κ3) is 4.40. The molecule has 0 saturated carbocycles. The number of carbonyl (C=O) groups excluding carboxylic acids is 1. The van der Waals surface area contributed by atoms with Crippen molar-refractivity contribution in [2.45, 2.75) is 45.6 Å². The molecule has 4 rings (SSSR count). The molecule has 0 spiro atoms. The second kappa shape index (κ2) is 8.79. The Labute approximate surface area is 178 Å². The molecule has 0 aromatic carbocycles. The van der Waals surface area contributed by atoms with Gasteiger partial charge in [0.05, 0.1) is 18.4 Å². The molecule has 3 aromatic heterocycles. The van der Waals surface area contributed by atoms with Crippen molar-refractivity contribution < 1.29 is 13.6 Å². The lowest BCUT2D eigenvalue weighted by molar-refractivity contribution is 0.0886. The van der Waals surface area contributed by atoms with Gasteiger partial charge < -0.3 is 10.6 Å². The lowest BCUT2D eigenvalue weighted by atomic mass is 9.92. The Morgan fingerprint density at radius 3 is 2.87 bits per heavy atom. The first-order chi connectivity index (χ1) is 15.0. The van der Waals surface area contributed by atoms with Crippen molar-refractivity contribution in [1.29, 1.82) is 0 Å². The fourth-order valence-corrected chi connectivity index (χ4v) is 3.53. The minimum atomic E-state index is -2.61. The maximum atomic E-state index is 12.5. The van der Waals surface area contributed by atoms with Crippen molar-refractivity contribution in [1.82, 2.24) is 24.7 Å². The van der Waals surface area contributed by atoms with E-state index in [2.05, 4.69) is 40.5 Å². The number of nitrogens with zero attached hydrogens (tertiary/aromatic N) is 4. The number of nitrogens with one attached hydrogen (secondary N) is 2. The summed E-state index contributed by atoms with van der Waals surface area (Å²) in [4.78, 5) is 25.7. The first-order valence-corrected chi connectivity index (χ1v) is 10.3. The number of imidazole rings is 1. The van der Waals surface area contributed by atoms with E-state index in [1.165, 1.54) is 6.20 Å². The number of hydrogen-bond acceptors (Lipinski definition) is 5. The summed E-state index contributed by atoms with van der Waals surface area (Å²) in [6.45, 7) is 3.49. The summed E-state index contributed by atoms with van der Waals surface area (Å²) >= 11 is 0. The molecule has 0 bridgehead atoms. The number of hydrogen-bond donors (Lipinski definition) is 2. The molecule has 0 radical (unpaired) electrons. The Morgan fingerprint density at radius 1 is 1.26 bits per heavy atom. The maximum absolute atomic E-state index is 12.5. The molecule has 0 unspecified atom stereocenters. The van der Waals surface area contributed by atoms with E-state index in [1.54, 1.807) is 16.7 Å². The minimum absolute atomic E-state index is 0.207. The van der Waals surface area contributed by atoms with Crippen LogP contribution in [0, 0.1) is 0 Å². The average molecular weight is 426 g/mol. The van der Waals surface area contributed by atoms with Crippen LogP contribution in [0.25, 0.3) is 11.2 Å². The highest BCUT2D eigenvalue weighted by atomic mass is 19.3. The Bertz CT molecular complexity index is 1140. The quantitative estimate of drug-likeness (QED) is 0.602. The van der Waals surface area contributed by atoms with Gasteiger partial charge >= 0.3 is 0 Å². The van der Waals surface area contributed by atoms with Gasteiger partial charge in [0.1, 0.15) is 11.3 Å². The van der Waals surface area contributed by atoms with Gasteiger partial charge in [-0.05, 0) is 49.5 Å². The van der Waals surface area contributed by atoms with Gasteiger partial charge in [0.25, 0.3) is 12.3 Å². The number of aromatic nitrogens is 4. The lowest BCUT2D eigenvalue weighted by Gasteiger charge is -2.19. The molecule has 31 heavy (non-hydrogen) atoms. The van der Waals surface area contributed by atoms with E-state index < -0.39 is 18.9 Å². The minimum Gasteiger partial charge on any atom is -0.352 e. The molecule has 0 saturated heterocycles. The summed E-state index contributed by atoms with van der Waals surface area (Å²) in [6, 6.07) is 4.01. The van der Waals surface area contributed by atoms with Gasteiger partial charge in [0.15, 0.2) is 0 Å². The molecule has 9 heteroatoms. The number of pyridine rings is 1. The molecule has 162 valence electrons. The van der Waals surface area contributed by atoms with Crippen LogP contribution in [0.4, 0.5) is 14.7 Å². The average Bonchev–Trinajstić information content (AvgIpc) is 3.20. The summed E-state index contributed by atoms with van der Waals surface area (Å²) in [5.41, 5.74) is 4.54. The largest absolute Gasteiger partial charge is 0.352 e. The second-order valence-electron chi connectivity index (χ2n) is 7.55. The molecule has 1 amide bonds. The Balaban J connectivity index is 1.66. The van der Waals surface area contributed by atoms with E-state index in [0.29, 0.717) is 11.6 Å². The first-order valence-electron chi connectivity index (χ1n) is 10.3. The van der Waals surface area contributed by atoms with Crippen molar-refractivity contribution in [3.05, 3.63) is 59.3 Å². The van der Waals surface area contributed by atoms with E-state index in [0.717, 1.165) is 41.7 Å². The molecule has 1 atom stereocenters. The van der Waals surface area contributed by atoms with Crippen LogP contribution < -0.4 is 10.6 Å². The van der Waals surface area contributed by atoms with E-state index in [9.17, 15) is 13.6 Å². The summed E-state index contributed by atoms with van der Waals surface area (Å²) in [7, 11) is 0. The smallest absolute Gasteiger partial charge is 0.270 e. The predicted molar refractivity (Wildman–Crippen MR) is 114 cm³/mol. The number of rotatable bonds is 7. The summed E-state index contributed by atoms with van der Waals surface area (Å²) in [5.74, 6) is 0.0319. The molecule has 0 aliphatic heterocycles. The normalized spacial score (nSPS) is 14.3. The van der Waals surface area contributed by atoms with Crippen LogP contribution in [0.2, 0.25) is 0 Å². The molecule has 1 aliphatic carbocycles. The molecule has 3 aromatic rings. The van der Waals surface area contributed by atoms with E-state index in [4.69, 9.17) is 4.98 Å². The second-order valence-corrected chi connectivity index (χ2v) is 7.55. The number of aryl methyl sites for hydroxylation is 1. The SMILES string of the molecule is CC[C@H](C)Nc1ncc2c(n1)CCC=C2c1ccc2ncc(C(=O)NCC(F)F)n2c1. The maximum Gasteiger partial charge on any atom is 0.270 e. The van der Waals surface area contributed by atoms with Gasteiger partial charge in [-0.1, -0.05) is 13.0 Å². The van der Waals surface area contributed by atoms with Crippen LogP contribution in [-0.2, 0) is 6.42 Å². The van der Waals surface area contributed by atoms with Crippen LogP contribution >= 0.6 is 0 Å². The summed E-state index contributed by atoms with van der Waals surface area (Å²) < 4.78 is 26.5. The topological polar surface area (TPSA) is 84.2 Å². The van der Waals surface area contributed by atoms with Crippen molar-refractivity contribution in [3.63, 3.8) is 0 Å². The number of fused-ring (bicyclic) bond motifs is 2. The van der Waals surface area contributed by atoms with E-state index in [-0.39, 0.29) is 11.7 Å². The molecular weight excluding hydrogens is 402 g/mol. The molecule has 7 nitrogen and oxygen atoms in total. The zero-order valence-corrected chi connectivity index (χ0v) is 17.4. The molecule has 2 N–H and O–H groups in total. The first kappa shape index (κ1) is 20.9. The predicted octanol–water partition coefficient (Wildman–Crippen LogP) is 3.71. The van der Waals surface area contributed by atoms with Gasteiger partial charge in [-0.2, -0.15) is 0 Å². The lowest BCUT2D eigenvalue weighted by Crippen LogP contribution is -2.29. The Hall–Kier alpha value is -3.36. The Morgan fingerprint density at radius 2 is 2.10 bits per heavy atom. The Kier molecular flexibility index (Phi) is 5.92. The number of anilines is 1. The summed E-state index contributed by atoms with van der Waals surface area (Å²) in [6.07, 6.45) is 7.17. The highest BCUT2D eigenvalue weighted by Gasteiger charge is 2.19. The van der Waals surface area contributed by atoms with Crippen LogP contribution in [0.1, 0.15) is 54.0 Å². The van der Waals surface area contributed by atoms with Crippen molar-refractivity contribution in [2.75, 3.05) is 11.9 Å². The van der Waals surface area contributed by atoms with Crippen LogP contribution in [0.5, 0.6) is 0 Å². The molecular formula is C22H24F2N6O. The number of amides is 1. The standard InChI is InChI=1S/C22H24F2N6O/c1-3-13(2)28-22-27-9-16-15(5-4-6-17(16)29-22)14-7-8-20-25-10-18(30(20)12-14)21(31)26-11-19(23)24/h5,7-10,12-13,19H,3-4,6,11H2,1-2H3,(H,26,31)(H,27,28,29)/t13-/m0/s1. The molecule has 1 aliphatic rings. The van der Waals surface area contributed by atoms with Crippen LogP contribution in [-0.4, -0.2) is 44.3 Å². The summed E-state index contributed by atoms with van der Waals surface area (Å²) in [5, 5.41) is 5.53. The highest BCUT2D eigenvalue weighted by Crippen LogP contribution is 2.31. The number of halogens is 2. The monoisotopic (exact) mass is 426 g/mol. The van der Waals surface area contributed by atoms with E-state index in [1.807, 2.05) is 12.3 Å².